The normalized spacial score (nSPS) is 20.0. The lowest BCUT2D eigenvalue weighted by Crippen LogP contribution is -2.29. The SMILES string of the molecule is Cc1c(C(C)NC(=O)CC2CCS(=O)(=O)C2)cnn1-c1ccc(F)cc1. The summed E-state index contributed by atoms with van der Waals surface area (Å²) in [5, 5.41) is 7.25. The highest BCUT2D eigenvalue weighted by atomic mass is 32.2. The van der Waals surface area contributed by atoms with E-state index in [9.17, 15) is 17.6 Å². The van der Waals surface area contributed by atoms with Gasteiger partial charge in [-0.1, -0.05) is 0 Å². The summed E-state index contributed by atoms with van der Waals surface area (Å²) in [5.74, 6) is -0.308. The smallest absolute Gasteiger partial charge is 0.220 e. The highest BCUT2D eigenvalue weighted by Gasteiger charge is 2.29. The first-order valence-corrected chi connectivity index (χ1v) is 10.4. The van der Waals surface area contributed by atoms with Crippen molar-refractivity contribution >= 4 is 15.7 Å². The van der Waals surface area contributed by atoms with Crippen molar-refractivity contribution in [3.63, 3.8) is 0 Å². The van der Waals surface area contributed by atoms with Crippen LogP contribution in [0.25, 0.3) is 5.69 Å². The minimum Gasteiger partial charge on any atom is -0.349 e. The summed E-state index contributed by atoms with van der Waals surface area (Å²) in [6.45, 7) is 3.75. The zero-order valence-corrected chi connectivity index (χ0v) is 15.6. The van der Waals surface area contributed by atoms with E-state index < -0.39 is 9.84 Å². The molecule has 1 saturated heterocycles. The number of halogens is 1. The minimum atomic E-state index is -2.98. The first kappa shape index (κ1) is 18.6. The fourth-order valence-corrected chi connectivity index (χ4v) is 5.23. The maximum absolute atomic E-state index is 13.1. The number of hydrogen-bond acceptors (Lipinski definition) is 4. The molecule has 26 heavy (non-hydrogen) atoms. The molecule has 0 spiro atoms. The van der Waals surface area contributed by atoms with E-state index in [-0.39, 0.29) is 41.6 Å². The Morgan fingerprint density at radius 1 is 1.38 bits per heavy atom. The largest absolute Gasteiger partial charge is 0.349 e. The topological polar surface area (TPSA) is 81.1 Å². The third-order valence-electron chi connectivity index (χ3n) is 4.76. The molecular weight excluding hydrogens is 357 g/mol. The summed E-state index contributed by atoms with van der Waals surface area (Å²) in [5.41, 5.74) is 2.46. The van der Waals surface area contributed by atoms with Crippen LogP contribution in [0.1, 0.15) is 37.1 Å². The molecule has 8 heteroatoms. The van der Waals surface area contributed by atoms with Crippen LogP contribution in [0.3, 0.4) is 0 Å². The summed E-state index contributed by atoms with van der Waals surface area (Å²) >= 11 is 0. The van der Waals surface area contributed by atoms with Crippen LogP contribution in [0.5, 0.6) is 0 Å². The van der Waals surface area contributed by atoms with Crippen LogP contribution in [0.2, 0.25) is 0 Å². The van der Waals surface area contributed by atoms with Gasteiger partial charge >= 0.3 is 0 Å². The molecule has 6 nitrogen and oxygen atoms in total. The van der Waals surface area contributed by atoms with Gasteiger partial charge in [0.15, 0.2) is 9.84 Å². The minimum absolute atomic E-state index is 0.0936. The van der Waals surface area contributed by atoms with E-state index in [1.807, 2.05) is 13.8 Å². The van der Waals surface area contributed by atoms with Gasteiger partial charge in [0.1, 0.15) is 5.82 Å². The van der Waals surface area contributed by atoms with E-state index >= 15 is 0 Å². The molecule has 0 radical (unpaired) electrons. The van der Waals surface area contributed by atoms with Gasteiger partial charge in [0.2, 0.25) is 5.91 Å². The molecule has 0 saturated carbocycles. The summed E-state index contributed by atoms with van der Waals surface area (Å²) in [4.78, 5) is 12.2. The molecule has 1 amide bonds. The van der Waals surface area contributed by atoms with Gasteiger partial charge in [-0.25, -0.2) is 17.5 Å². The molecule has 2 aromatic rings. The molecule has 1 fully saturated rings. The molecular formula is C18H22FN3O3S. The molecule has 2 unspecified atom stereocenters. The number of hydrogen-bond donors (Lipinski definition) is 1. The molecule has 1 aromatic carbocycles. The Morgan fingerprint density at radius 3 is 2.69 bits per heavy atom. The molecule has 3 rings (SSSR count). The van der Waals surface area contributed by atoms with Crippen molar-refractivity contribution in [1.29, 1.82) is 0 Å². The highest BCUT2D eigenvalue weighted by molar-refractivity contribution is 7.91. The van der Waals surface area contributed by atoms with Crippen LogP contribution in [0.4, 0.5) is 4.39 Å². The molecule has 0 aliphatic carbocycles. The van der Waals surface area contributed by atoms with Crippen LogP contribution < -0.4 is 5.32 Å². The Hall–Kier alpha value is -2.22. The molecule has 0 bridgehead atoms. The van der Waals surface area contributed by atoms with Crippen LogP contribution in [0, 0.1) is 18.7 Å². The van der Waals surface area contributed by atoms with Gasteiger partial charge in [0.25, 0.3) is 0 Å². The van der Waals surface area contributed by atoms with Gasteiger partial charge in [-0.05, 0) is 50.5 Å². The lowest BCUT2D eigenvalue weighted by atomic mass is 10.0. The average molecular weight is 379 g/mol. The Morgan fingerprint density at radius 2 is 2.08 bits per heavy atom. The number of aromatic nitrogens is 2. The fourth-order valence-electron chi connectivity index (χ4n) is 3.36. The summed E-state index contributed by atoms with van der Waals surface area (Å²) in [6.07, 6.45) is 2.45. The second-order valence-corrected chi connectivity index (χ2v) is 9.06. The highest BCUT2D eigenvalue weighted by Crippen LogP contribution is 2.23. The standard InChI is InChI=1S/C18H22FN3O3S/c1-12(21-18(23)9-14-7-8-26(24,25)11-14)17-10-20-22(13(17)2)16-5-3-15(19)4-6-16/h3-6,10,12,14H,7-9,11H2,1-2H3,(H,21,23). The van der Waals surface area contributed by atoms with Gasteiger partial charge < -0.3 is 5.32 Å². The molecule has 2 heterocycles. The predicted molar refractivity (Wildman–Crippen MR) is 96.2 cm³/mol. The van der Waals surface area contributed by atoms with E-state index in [4.69, 9.17) is 0 Å². The molecule has 140 valence electrons. The monoisotopic (exact) mass is 379 g/mol. The van der Waals surface area contributed by atoms with E-state index in [1.165, 1.54) is 12.1 Å². The summed E-state index contributed by atoms with van der Waals surface area (Å²) in [7, 11) is -2.98. The molecule has 2 atom stereocenters. The van der Waals surface area contributed by atoms with E-state index in [1.54, 1.807) is 23.0 Å². The van der Waals surface area contributed by atoms with Crippen molar-refractivity contribution < 1.29 is 17.6 Å². The molecule has 1 aromatic heterocycles. The molecule has 1 N–H and O–H groups in total. The average Bonchev–Trinajstić information content (AvgIpc) is 3.10. The number of benzene rings is 1. The maximum atomic E-state index is 13.1. The Balaban J connectivity index is 1.66. The van der Waals surface area contributed by atoms with Gasteiger partial charge in [-0.15, -0.1) is 0 Å². The zero-order chi connectivity index (χ0) is 18.9. The third-order valence-corrected chi connectivity index (χ3v) is 6.60. The Kier molecular flexibility index (Phi) is 5.13. The number of nitrogens with zero attached hydrogens (tertiary/aromatic N) is 2. The second kappa shape index (κ2) is 7.19. The predicted octanol–water partition coefficient (Wildman–Crippen LogP) is 2.32. The van der Waals surface area contributed by atoms with E-state index in [0.717, 1.165) is 16.9 Å². The van der Waals surface area contributed by atoms with Gasteiger partial charge in [0.05, 0.1) is 29.4 Å². The van der Waals surface area contributed by atoms with Crippen LogP contribution in [-0.2, 0) is 14.6 Å². The first-order chi connectivity index (χ1) is 12.2. The first-order valence-electron chi connectivity index (χ1n) is 8.55. The molecule has 1 aliphatic rings. The number of amides is 1. The Bertz CT molecular complexity index is 906. The third kappa shape index (κ3) is 4.12. The second-order valence-electron chi connectivity index (χ2n) is 6.84. The van der Waals surface area contributed by atoms with Crippen LogP contribution >= 0.6 is 0 Å². The number of sulfone groups is 1. The van der Waals surface area contributed by atoms with Gasteiger partial charge in [-0.3, -0.25) is 4.79 Å². The lowest BCUT2D eigenvalue weighted by Gasteiger charge is -2.15. The summed E-state index contributed by atoms with van der Waals surface area (Å²) < 4.78 is 37.8. The van der Waals surface area contributed by atoms with Crippen LogP contribution in [0.15, 0.2) is 30.5 Å². The van der Waals surface area contributed by atoms with E-state index in [0.29, 0.717) is 6.42 Å². The van der Waals surface area contributed by atoms with Crippen molar-refractivity contribution in [2.24, 2.45) is 5.92 Å². The van der Waals surface area contributed by atoms with Crippen molar-refractivity contribution in [2.45, 2.75) is 32.7 Å². The number of carbonyl (C=O) groups is 1. The van der Waals surface area contributed by atoms with Crippen molar-refractivity contribution in [1.82, 2.24) is 15.1 Å². The number of rotatable bonds is 5. The van der Waals surface area contributed by atoms with Gasteiger partial charge in [-0.2, -0.15) is 5.10 Å². The zero-order valence-electron chi connectivity index (χ0n) is 14.8. The maximum Gasteiger partial charge on any atom is 0.220 e. The Labute approximate surface area is 152 Å². The number of carbonyl (C=O) groups excluding carboxylic acids is 1. The van der Waals surface area contributed by atoms with E-state index in [2.05, 4.69) is 10.4 Å². The quantitative estimate of drug-likeness (QED) is 0.864. The van der Waals surface area contributed by atoms with Gasteiger partial charge in [0, 0.05) is 17.7 Å². The van der Waals surface area contributed by atoms with Crippen molar-refractivity contribution in [2.75, 3.05) is 11.5 Å². The van der Waals surface area contributed by atoms with Crippen molar-refractivity contribution in [3.8, 4) is 5.69 Å². The summed E-state index contributed by atoms with van der Waals surface area (Å²) in [6, 6.07) is 5.77. The van der Waals surface area contributed by atoms with Crippen molar-refractivity contribution in [3.05, 3.63) is 47.5 Å². The fraction of sp³-hybridized carbons (Fsp3) is 0.444. The number of nitrogens with one attached hydrogen (secondary N) is 1. The van der Waals surface area contributed by atoms with Crippen LogP contribution in [-0.4, -0.2) is 35.6 Å². The molecule has 1 aliphatic heterocycles. The lowest BCUT2D eigenvalue weighted by molar-refractivity contribution is -0.122.